The maximum atomic E-state index is 12.9. The molecule has 0 spiro atoms. The number of halogens is 1. The number of benzene rings is 1. The van der Waals surface area contributed by atoms with E-state index in [0.717, 1.165) is 10.9 Å². The van der Waals surface area contributed by atoms with E-state index in [1.807, 2.05) is 19.2 Å². The molecule has 0 radical (unpaired) electrons. The summed E-state index contributed by atoms with van der Waals surface area (Å²) in [5.74, 6) is 0. The number of rotatable bonds is 2. The summed E-state index contributed by atoms with van der Waals surface area (Å²) in [6.45, 7) is 10.6. The van der Waals surface area contributed by atoms with E-state index in [4.69, 9.17) is 10.7 Å². The van der Waals surface area contributed by atoms with Gasteiger partial charge in [0.15, 0.2) is 17.2 Å². The molecular weight excluding hydrogens is 322 g/mol. The van der Waals surface area contributed by atoms with Crippen molar-refractivity contribution in [1.82, 2.24) is 9.78 Å². The molecule has 116 valence electrons. The Balaban J connectivity index is 2.58. The van der Waals surface area contributed by atoms with Crippen LogP contribution in [0.3, 0.4) is 0 Å². The quantitative estimate of drug-likeness (QED) is 0.592. The first kappa shape index (κ1) is 16.5. The van der Waals surface area contributed by atoms with Gasteiger partial charge in [-0.3, -0.25) is 8.71 Å². The van der Waals surface area contributed by atoms with Crippen molar-refractivity contribution < 1.29 is 4.21 Å². The number of aromatic nitrogens is 2. The van der Waals surface area contributed by atoms with E-state index in [1.165, 1.54) is 0 Å². The van der Waals surface area contributed by atoms with Gasteiger partial charge in [-0.15, -0.1) is 0 Å². The van der Waals surface area contributed by atoms with Crippen LogP contribution in [0.5, 0.6) is 0 Å². The molecule has 0 aliphatic rings. The van der Waals surface area contributed by atoms with Crippen molar-refractivity contribution in [2.24, 2.45) is 11.1 Å². The van der Waals surface area contributed by atoms with Crippen LogP contribution in [-0.4, -0.2) is 22.2 Å². The maximum Gasteiger partial charge on any atom is 0.194 e. The van der Waals surface area contributed by atoms with Crippen molar-refractivity contribution in [1.29, 1.82) is 0 Å². The second kappa shape index (κ2) is 5.10. The third kappa shape index (κ3) is 3.17. The van der Waals surface area contributed by atoms with Gasteiger partial charge in [0, 0.05) is 23.1 Å². The predicted molar refractivity (Wildman–Crippen MR) is 92.6 cm³/mol. The number of hydrogen-bond donors (Lipinski definition) is 0. The standard InChI is InChI=1S/C14H22ClN3OSSi/c1-14(2,3)21(5,6)17-20(15,19)12-7-8-13-11(9-12)10-16-18(13)4/h7-10H,1-6H3. The molecular formula is C14H22ClN3OSSi. The number of nitrogens with zero attached hydrogens (tertiary/aromatic N) is 3. The maximum absolute atomic E-state index is 12.9. The fourth-order valence-electron chi connectivity index (χ4n) is 1.78. The van der Waals surface area contributed by atoms with E-state index in [0.29, 0.717) is 4.90 Å². The highest BCUT2D eigenvalue weighted by Crippen LogP contribution is 2.39. The summed E-state index contributed by atoms with van der Waals surface area (Å²) in [6, 6.07) is 5.51. The summed E-state index contributed by atoms with van der Waals surface area (Å²) < 4.78 is 19.3. The van der Waals surface area contributed by atoms with Gasteiger partial charge in [-0.1, -0.05) is 20.8 Å². The molecule has 0 saturated carbocycles. The highest BCUT2D eigenvalue weighted by atomic mass is 35.7. The summed E-state index contributed by atoms with van der Waals surface area (Å²) in [5.41, 5.74) is 0.984. The van der Waals surface area contributed by atoms with Crippen molar-refractivity contribution in [3.8, 4) is 0 Å². The van der Waals surface area contributed by atoms with Gasteiger partial charge in [-0.25, -0.2) is 4.21 Å². The zero-order chi connectivity index (χ0) is 16.1. The first-order valence-electron chi connectivity index (χ1n) is 6.84. The van der Waals surface area contributed by atoms with Gasteiger partial charge >= 0.3 is 0 Å². The van der Waals surface area contributed by atoms with Crippen LogP contribution in [0.2, 0.25) is 18.1 Å². The minimum Gasteiger partial charge on any atom is -0.268 e. The molecule has 1 unspecified atom stereocenters. The molecule has 7 heteroatoms. The summed E-state index contributed by atoms with van der Waals surface area (Å²) in [7, 11) is 3.20. The summed E-state index contributed by atoms with van der Waals surface area (Å²) in [4.78, 5) is 0.564. The fraction of sp³-hybridized carbons (Fsp3) is 0.500. The highest BCUT2D eigenvalue weighted by Gasteiger charge is 2.37. The molecule has 4 nitrogen and oxygen atoms in total. The third-order valence-corrected chi connectivity index (χ3v) is 12.6. The van der Waals surface area contributed by atoms with E-state index in [1.54, 1.807) is 16.9 Å². The topological polar surface area (TPSA) is 47.2 Å². The highest BCUT2D eigenvalue weighted by molar-refractivity contribution is 8.16. The molecule has 0 aliphatic carbocycles. The molecule has 0 amide bonds. The van der Waals surface area contributed by atoms with E-state index in [2.05, 4.69) is 43.0 Å². The minimum absolute atomic E-state index is 0.00293. The summed E-state index contributed by atoms with van der Waals surface area (Å²) in [5, 5.41) is 5.12. The van der Waals surface area contributed by atoms with Crippen LogP contribution in [0.25, 0.3) is 10.9 Å². The van der Waals surface area contributed by atoms with Crippen LogP contribution >= 0.6 is 10.7 Å². The van der Waals surface area contributed by atoms with Crippen molar-refractivity contribution in [3.05, 3.63) is 24.4 Å². The van der Waals surface area contributed by atoms with Gasteiger partial charge in [0.2, 0.25) is 0 Å². The zero-order valence-corrected chi connectivity index (χ0v) is 15.9. The first-order chi connectivity index (χ1) is 9.44. The van der Waals surface area contributed by atoms with Crippen molar-refractivity contribution >= 4 is 38.8 Å². The Hall–Kier alpha value is -0.853. The molecule has 21 heavy (non-hydrogen) atoms. The van der Waals surface area contributed by atoms with E-state index in [9.17, 15) is 4.21 Å². The molecule has 1 aromatic heterocycles. The van der Waals surface area contributed by atoms with Crippen LogP contribution in [0.4, 0.5) is 0 Å². The Labute approximate surface area is 132 Å². The fourth-order valence-corrected chi connectivity index (χ4v) is 8.00. The average Bonchev–Trinajstić information content (AvgIpc) is 2.68. The Bertz CT molecular complexity index is 798. The number of fused-ring (bicyclic) bond motifs is 1. The predicted octanol–water partition coefficient (Wildman–Crippen LogP) is 4.56. The first-order valence-corrected chi connectivity index (χ1v) is 12.1. The summed E-state index contributed by atoms with van der Waals surface area (Å²) in [6.07, 6.45) is 1.75. The molecule has 2 aromatic rings. The Morgan fingerprint density at radius 1 is 1.33 bits per heavy atom. The molecule has 0 saturated heterocycles. The SMILES string of the molecule is Cn1ncc2cc(S(=O)(Cl)=N[Si](C)(C)C(C)(C)C)ccc21. The lowest BCUT2D eigenvalue weighted by Gasteiger charge is -2.32. The smallest absolute Gasteiger partial charge is 0.194 e. The average molecular weight is 344 g/mol. The molecule has 0 N–H and O–H groups in total. The van der Waals surface area contributed by atoms with E-state index >= 15 is 0 Å². The lowest BCUT2D eigenvalue weighted by molar-refractivity contribution is 0.683. The molecule has 0 aliphatic heterocycles. The van der Waals surface area contributed by atoms with Crippen molar-refractivity contribution in [2.75, 3.05) is 0 Å². The molecule has 0 fully saturated rings. The van der Waals surface area contributed by atoms with Crippen LogP contribution < -0.4 is 0 Å². The van der Waals surface area contributed by atoms with Crippen molar-refractivity contribution in [3.63, 3.8) is 0 Å². The van der Waals surface area contributed by atoms with Crippen molar-refractivity contribution in [2.45, 2.75) is 43.8 Å². The van der Waals surface area contributed by atoms with Gasteiger partial charge in [-0.05, 0) is 36.3 Å². The van der Waals surface area contributed by atoms with Crippen LogP contribution in [0.1, 0.15) is 20.8 Å². The normalized spacial score (nSPS) is 16.0. The molecule has 0 bridgehead atoms. The number of aryl methyl sites for hydroxylation is 1. The lowest BCUT2D eigenvalue weighted by Crippen LogP contribution is -2.35. The van der Waals surface area contributed by atoms with Gasteiger partial charge in [0.25, 0.3) is 0 Å². The largest absolute Gasteiger partial charge is 0.268 e. The van der Waals surface area contributed by atoms with E-state index in [-0.39, 0.29) is 5.04 Å². The second-order valence-electron chi connectivity index (χ2n) is 6.85. The Kier molecular flexibility index (Phi) is 4.01. The van der Waals surface area contributed by atoms with Crippen LogP contribution in [-0.2, 0) is 16.0 Å². The van der Waals surface area contributed by atoms with Crippen LogP contribution in [0.15, 0.2) is 33.3 Å². The van der Waals surface area contributed by atoms with Crippen LogP contribution in [0, 0.1) is 0 Å². The molecule has 1 atom stereocenters. The third-order valence-electron chi connectivity index (χ3n) is 4.19. The van der Waals surface area contributed by atoms with E-state index < -0.39 is 17.2 Å². The Morgan fingerprint density at radius 3 is 2.52 bits per heavy atom. The summed E-state index contributed by atoms with van der Waals surface area (Å²) >= 11 is 0. The zero-order valence-electron chi connectivity index (χ0n) is 13.3. The second-order valence-corrected chi connectivity index (χ2v) is 14.8. The number of hydrogen-bond acceptors (Lipinski definition) is 3. The molecule has 1 heterocycles. The minimum atomic E-state index is -2.91. The Morgan fingerprint density at radius 2 is 1.95 bits per heavy atom. The van der Waals surface area contributed by atoms with Gasteiger partial charge in [0.1, 0.15) is 0 Å². The molecule has 2 rings (SSSR count). The van der Waals surface area contributed by atoms with Gasteiger partial charge < -0.3 is 0 Å². The molecule has 1 aromatic carbocycles. The van der Waals surface area contributed by atoms with Gasteiger partial charge in [-0.2, -0.15) is 5.10 Å². The van der Waals surface area contributed by atoms with Gasteiger partial charge in [0.05, 0.1) is 16.6 Å². The lowest BCUT2D eigenvalue weighted by atomic mass is 10.2. The monoisotopic (exact) mass is 343 g/mol.